The number of carbonyl (C=O) groups is 2. The highest BCUT2D eigenvalue weighted by atomic mass is 19.4. The van der Waals surface area contributed by atoms with Gasteiger partial charge in [-0.15, -0.1) is 0 Å². The summed E-state index contributed by atoms with van der Waals surface area (Å²) in [5.74, 6) is -1.49. The van der Waals surface area contributed by atoms with Gasteiger partial charge in [-0.25, -0.2) is 4.79 Å². The van der Waals surface area contributed by atoms with E-state index in [0.717, 1.165) is 0 Å². The zero-order chi connectivity index (χ0) is 19.4. The first-order valence-corrected chi connectivity index (χ1v) is 8.89. The Labute approximate surface area is 150 Å². The summed E-state index contributed by atoms with van der Waals surface area (Å²) in [7, 11) is 0. The second-order valence-electron chi connectivity index (χ2n) is 8.66. The van der Waals surface area contributed by atoms with Crippen LogP contribution in [0.1, 0.15) is 40.0 Å². The third kappa shape index (κ3) is 3.77. The molecule has 1 heterocycles. The van der Waals surface area contributed by atoms with Gasteiger partial charge in [0, 0.05) is 24.4 Å². The van der Waals surface area contributed by atoms with Gasteiger partial charge in [-0.1, -0.05) is 0 Å². The smallest absolute Gasteiger partial charge is 0.407 e. The highest BCUT2D eigenvalue weighted by Gasteiger charge is 2.60. The SMILES string of the molecule is CC(C)(C)OC(=O)NC1C2CC3C[C@@H]1C([C@H]2O)N(C(=O)CC(F)(F)F)C3. The van der Waals surface area contributed by atoms with Crippen LogP contribution in [-0.2, 0) is 9.53 Å². The maximum absolute atomic E-state index is 12.6. The number of alkyl halides is 3. The predicted molar refractivity (Wildman–Crippen MR) is 85.0 cm³/mol. The van der Waals surface area contributed by atoms with Crippen LogP contribution in [0.25, 0.3) is 0 Å². The number of halogens is 3. The van der Waals surface area contributed by atoms with E-state index < -0.39 is 48.4 Å². The highest BCUT2D eigenvalue weighted by Crippen LogP contribution is 2.51. The Kier molecular flexibility index (Phi) is 4.65. The van der Waals surface area contributed by atoms with E-state index in [4.69, 9.17) is 4.74 Å². The summed E-state index contributed by atoms with van der Waals surface area (Å²) in [6.07, 6.45) is -6.41. The zero-order valence-electron chi connectivity index (χ0n) is 15.0. The molecular formula is C17H25F3N2O4. The maximum Gasteiger partial charge on any atom is 0.407 e. The second-order valence-corrected chi connectivity index (χ2v) is 8.66. The molecule has 2 N–H and O–H groups in total. The number of hydrogen-bond acceptors (Lipinski definition) is 4. The lowest BCUT2D eigenvalue weighted by Gasteiger charge is -2.45. The van der Waals surface area contributed by atoms with Crippen molar-refractivity contribution in [3.8, 4) is 0 Å². The van der Waals surface area contributed by atoms with Crippen LogP contribution >= 0.6 is 0 Å². The van der Waals surface area contributed by atoms with Gasteiger partial charge in [0.15, 0.2) is 0 Å². The van der Waals surface area contributed by atoms with E-state index in [2.05, 4.69) is 5.32 Å². The van der Waals surface area contributed by atoms with E-state index in [9.17, 15) is 27.9 Å². The Morgan fingerprint density at radius 1 is 1.19 bits per heavy atom. The number of likely N-dealkylation sites (tertiary alicyclic amines) is 1. The van der Waals surface area contributed by atoms with Crippen molar-refractivity contribution in [2.24, 2.45) is 17.8 Å². The van der Waals surface area contributed by atoms with Gasteiger partial charge in [0.2, 0.25) is 5.91 Å². The molecule has 0 spiro atoms. The van der Waals surface area contributed by atoms with Gasteiger partial charge in [-0.2, -0.15) is 13.2 Å². The summed E-state index contributed by atoms with van der Waals surface area (Å²) in [4.78, 5) is 25.5. The Bertz CT molecular complexity index is 590. The molecule has 6 nitrogen and oxygen atoms in total. The Morgan fingerprint density at radius 3 is 2.38 bits per heavy atom. The van der Waals surface area contributed by atoms with E-state index in [0.29, 0.717) is 12.8 Å². The van der Waals surface area contributed by atoms with Crippen LogP contribution in [0.3, 0.4) is 0 Å². The van der Waals surface area contributed by atoms with Gasteiger partial charge >= 0.3 is 12.3 Å². The Morgan fingerprint density at radius 2 is 1.81 bits per heavy atom. The summed E-state index contributed by atoms with van der Waals surface area (Å²) in [5.41, 5.74) is -0.676. The van der Waals surface area contributed by atoms with Gasteiger partial charge in [0.25, 0.3) is 0 Å². The van der Waals surface area contributed by atoms with Crippen molar-refractivity contribution < 1.29 is 32.6 Å². The number of amides is 2. The number of ether oxygens (including phenoxy) is 1. The molecule has 3 fully saturated rings. The number of carbonyl (C=O) groups excluding carboxylic acids is 2. The lowest BCUT2D eigenvalue weighted by Crippen LogP contribution is -2.57. The van der Waals surface area contributed by atoms with Crippen molar-refractivity contribution in [3.05, 3.63) is 0 Å². The third-order valence-electron chi connectivity index (χ3n) is 5.53. The molecule has 4 unspecified atom stereocenters. The summed E-state index contributed by atoms with van der Waals surface area (Å²) in [6.45, 7) is 5.44. The van der Waals surface area contributed by atoms with Gasteiger partial charge in [-0.3, -0.25) is 4.79 Å². The van der Waals surface area contributed by atoms with E-state index in [1.54, 1.807) is 20.8 Å². The summed E-state index contributed by atoms with van der Waals surface area (Å²) in [6, 6.07) is -1.09. The molecule has 0 radical (unpaired) electrons. The minimum absolute atomic E-state index is 0.0484. The molecule has 3 rings (SSSR count). The van der Waals surface area contributed by atoms with E-state index in [-0.39, 0.29) is 24.3 Å². The zero-order valence-corrected chi connectivity index (χ0v) is 15.0. The minimum Gasteiger partial charge on any atom is -0.444 e. The average Bonchev–Trinajstić information content (AvgIpc) is 2.57. The fraction of sp³-hybridized carbons (Fsp3) is 0.882. The van der Waals surface area contributed by atoms with E-state index in [1.165, 1.54) is 4.90 Å². The van der Waals surface area contributed by atoms with Crippen LogP contribution < -0.4 is 5.32 Å². The lowest BCUT2D eigenvalue weighted by atomic mass is 9.74. The molecule has 0 aromatic heterocycles. The minimum atomic E-state index is -4.58. The highest BCUT2D eigenvalue weighted by molar-refractivity contribution is 5.78. The summed E-state index contributed by atoms with van der Waals surface area (Å²) in [5, 5.41) is 13.4. The van der Waals surface area contributed by atoms with Crippen LogP contribution in [0.2, 0.25) is 0 Å². The van der Waals surface area contributed by atoms with Crippen molar-refractivity contribution in [1.29, 1.82) is 0 Å². The predicted octanol–water partition coefficient (Wildman–Crippen LogP) is 2.06. The van der Waals surface area contributed by atoms with Crippen molar-refractivity contribution in [1.82, 2.24) is 10.2 Å². The van der Waals surface area contributed by atoms with Crippen LogP contribution in [0.5, 0.6) is 0 Å². The lowest BCUT2D eigenvalue weighted by molar-refractivity contribution is -0.167. The van der Waals surface area contributed by atoms with Crippen LogP contribution in [0.4, 0.5) is 18.0 Å². The van der Waals surface area contributed by atoms with Gasteiger partial charge in [0.05, 0.1) is 12.1 Å². The second kappa shape index (κ2) is 6.28. The van der Waals surface area contributed by atoms with Crippen molar-refractivity contribution >= 4 is 12.0 Å². The van der Waals surface area contributed by atoms with Gasteiger partial charge in [0.1, 0.15) is 12.0 Å². The van der Waals surface area contributed by atoms with E-state index >= 15 is 0 Å². The molecule has 3 bridgehead atoms. The first-order chi connectivity index (χ1) is 11.9. The Balaban J connectivity index is 1.75. The summed E-state index contributed by atoms with van der Waals surface area (Å²) < 4.78 is 43.2. The molecule has 0 aromatic carbocycles. The topological polar surface area (TPSA) is 78.9 Å². The molecule has 3 aliphatic rings. The molecule has 6 atom stereocenters. The first kappa shape index (κ1) is 19.3. The molecule has 2 aliphatic carbocycles. The third-order valence-corrected chi connectivity index (χ3v) is 5.53. The monoisotopic (exact) mass is 378 g/mol. The van der Waals surface area contributed by atoms with Crippen molar-refractivity contribution in [2.45, 2.75) is 70.0 Å². The van der Waals surface area contributed by atoms with Crippen molar-refractivity contribution in [3.63, 3.8) is 0 Å². The van der Waals surface area contributed by atoms with Crippen LogP contribution in [0, 0.1) is 17.8 Å². The largest absolute Gasteiger partial charge is 0.444 e. The number of alkyl carbamates (subject to hydrolysis) is 1. The average molecular weight is 378 g/mol. The first-order valence-electron chi connectivity index (χ1n) is 8.89. The fourth-order valence-corrected chi connectivity index (χ4v) is 4.85. The number of fused-ring (bicyclic) bond motifs is 2. The molecule has 0 aromatic rings. The van der Waals surface area contributed by atoms with Gasteiger partial charge < -0.3 is 20.1 Å². The molecule has 1 saturated heterocycles. The molecule has 148 valence electrons. The number of nitrogens with one attached hydrogen (secondary N) is 1. The summed E-state index contributed by atoms with van der Waals surface area (Å²) >= 11 is 0. The van der Waals surface area contributed by atoms with Crippen molar-refractivity contribution in [2.75, 3.05) is 6.54 Å². The maximum atomic E-state index is 12.6. The van der Waals surface area contributed by atoms with Crippen LogP contribution in [-0.4, -0.2) is 58.5 Å². The molecule has 2 amide bonds. The van der Waals surface area contributed by atoms with E-state index in [1.807, 2.05) is 0 Å². The number of aliphatic hydroxyl groups excluding tert-OH is 1. The van der Waals surface area contributed by atoms with Crippen LogP contribution in [0.15, 0.2) is 0 Å². The number of rotatable bonds is 2. The molecular weight excluding hydrogens is 353 g/mol. The number of piperidine rings is 1. The quantitative estimate of drug-likeness (QED) is 0.771. The molecule has 2 saturated carbocycles. The van der Waals surface area contributed by atoms with Gasteiger partial charge in [-0.05, 0) is 39.5 Å². The molecule has 9 heteroatoms. The molecule has 26 heavy (non-hydrogen) atoms. The normalized spacial score (nSPS) is 36.2. The number of aliphatic hydroxyl groups is 1. The Hall–Kier alpha value is -1.51. The number of nitrogens with zero attached hydrogens (tertiary/aromatic N) is 1. The fourth-order valence-electron chi connectivity index (χ4n) is 4.85. The standard InChI is InChI=1S/C17H25F3N2O4/c1-16(2,3)26-15(25)21-12-9-4-8-5-10(12)14(24)13(9)22(7-8)11(23)6-17(18,19)20/h8-10,12-14,24H,4-7H2,1-3H3,(H,21,25)/t8?,9-,10?,12?,13?,14-/m0/s1. The number of hydrogen-bond donors (Lipinski definition) is 2. The molecule has 1 aliphatic heterocycles.